The minimum absolute atomic E-state index is 1.11. The van der Waals surface area contributed by atoms with Crippen LogP contribution < -0.4 is 0 Å². The molecule has 2 aliphatic carbocycles. The SMILES string of the molecule is C1=CC2=C(C1)c1cc3cc4ccccc4cc3cc1C2. The molecule has 0 atom stereocenters. The van der Waals surface area contributed by atoms with Gasteiger partial charge in [-0.3, -0.25) is 0 Å². The van der Waals surface area contributed by atoms with Gasteiger partial charge in [0, 0.05) is 0 Å². The van der Waals surface area contributed by atoms with Crippen molar-refractivity contribution in [2.75, 3.05) is 0 Å². The topological polar surface area (TPSA) is 0 Å². The number of rotatable bonds is 0. The van der Waals surface area contributed by atoms with Crippen LogP contribution in [-0.4, -0.2) is 0 Å². The molecule has 5 rings (SSSR count). The molecule has 0 bridgehead atoms. The Morgan fingerprint density at radius 3 is 2.30 bits per heavy atom. The highest BCUT2D eigenvalue weighted by Crippen LogP contribution is 2.41. The summed E-state index contributed by atoms with van der Waals surface area (Å²) >= 11 is 0. The first-order valence-electron chi connectivity index (χ1n) is 7.23. The summed E-state index contributed by atoms with van der Waals surface area (Å²) in [7, 11) is 0. The Bertz CT molecular complexity index is 939. The molecule has 0 aliphatic heterocycles. The summed E-state index contributed by atoms with van der Waals surface area (Å²) in [6, 6.07) is 18.1. The van der Waals surface area contributed by atoms with Crippen molar-refractivity contribution in [3.8, 4) is 0 Å². The number of hydrogen-bond donors (Lipinski definition) is 0. The van der Waals surface area contributed by atoms with Crippen molar-refractivity contribution in [1.82, 2.24) is 0 Å². The fraction of sp³-hybridized carbons (Fsp3) is 0.100. The van der Waals surface area contributed by atoms with Crippen LogP contribution in [0.4, 0.5) is 0 Å². The van der Waals surface area contributed by atoms with E-state index in [0.717, 1.165) is 12.8 Å². The van der Waals surface area contributed by atoms with Gasteiger partial charge >= 0.3 is 0 Å². The third kappa shape index (κ3) is 1.31. The molecule has 0 heterocycles. The van der Waals surface area contributed by atoms with Gasteiger partial charge in [-0.2, -0.15) is 0 Å². The predicted octanol–water partition coefficient (Wildman–Crippen LogP) is 5.26. The summed E-state index contributed by atoms with van der Waals surface area (Å²) in [5.41, 5.74) is 6.06. The van der Waals surface area contributed by atoms with E-state index < -0.39 is 0 Å². The molecule has 2 aliphatic rings. The van der Waals surface area contributed by atoms with E-state index in [1.165, 1.54) is 38.2 Å². The second kappa shape index (κ2) is 3.61. The van der Waals surface area contributed by atoms with E-state index in [0.29, 0.717) is 0 Å². The van der Waals surface area contributed by atoms with Crippen LogP contribution in [-0.2, 0) is 6.42 Å². The van der Waals surface area contributed by atoms with Gasteiger partial charge in [-0.1, -0.05) is 42.5 Å². The van der Waals surface area contributed by atoms with Gasteiger partial charge in [0.2, 0.25) is 0 Å². The second-order valence-electron chi connectivity index (χ2n) is 5.84. The highest BCUT2D eigenvalue weighted by Gasteiger charge is 2.22. The zero-order valence-corrected chi connectivity index (χ0v) is 11.2. The summed E-state index contributed by atoms with van der Waals surface area (Å²) in [5.74, 6) is 0. The molecule has 0 saturated heterocycles. The van der Waals surface area contributed by atoms with Gasteiger partial charge in [0.1, 0.15) is 0 Å². The van der Waals surface area contributed by atoms with Gasteiger partial charge in [0.25, 0.3) is 0 Å². The van der Waals surface area contributed by atoms with Crippen molar-refractivity contribution in [3.63, 3.8) is 0 Å². The molecule has 0 heteroatoms. The van der Waals surface area contributed by atoms with Crippen molar-refractivity contribution < 1.29 is 0 Å². The zero-order valence-electron chi connectivity index (χ0n) is 11.2. The van der Waals surface area contributed by atoms with Gasteiger partial charge in [0.05, 0.1) is 0 Å². The lowest BCUT2D eigenvalue weighted by molar-refractivity contribution is 1.26. The van der Waals surface area contributed by atoms with Crippen molar-refractivity contribution in [3.05, 3.63) is 77.4 Å². The molecule has 0 N–H and O–H groups in total. The molecule has 0 unspecified atom stereocenters. The minimum atomic E-state index is 1.11. The van der Waals surface area contributed by atoms with Crippen molar-refractivity contribution in [1.29, 1.82) is 0 Å². The highest BCUT2D eigenvalue weighted by atomic mass is 14.3. The standard InChI is InChI=1S/C20H14/c1-2-5-14-9-17-12-20-18(10-15-6-3-7-19(15)20)11-16(17)8-13(14)4-1/h1-6,8-9,11-12H,7,10H2. The summed E-state index contributed by atoms with van der Waals surface area (Å²) in [6.45, 7) is 0. The maximum Gasteiger partial charge on any atom is -0.00166 e. The van der Waals surface area contributed by atoms with Gasteiger partial charge in [-0.25, -0.2) is 0 Å². The lowest BCUT2D eigenvalue weighted by Gasteiger charge is -2.08. The van der Waals surface area contributed by atoms with E-state index in [1.54, 1.807) is 5.57 Å². The van der Waals surface area contributed by atoms with E-state index in [-0.39, 0.29) is 0 Å². The maximum absolute atomic E-state index is 2.40. The van der Waals surface area contributed by atoms with Crippen LogP contribution in [0.5, 0.6) is 0 Å². The number of benzene rings is 3. The fourth-order valence-electron chi connectivity index (χ4n) is 3.67. The van der Waals surface area contributed by atoms with Crippen LogP contribution >= 0.6 is 0 Å². The molecule has 0 spiro atoms. The Kier molecular flexibility index (Phi) is 1.88. The van der Waals surface area contributed by atoms with Gasteiger partial charge in [-0.05, 0) is 74.9 Å². The number of fused-ring (bicyclic) bond motifs is 4. The monoisotopic (exact) mass is 254 g/mol. The fourth-order valence-corrected chi connectivity index (χ4v) is 3.67. The molecule has 0 nitrogen and oxygen atoms in total. The van der Waals surface area contributed by atoms with E-state index in [9.17, 15) is 0 Å². The molecule has 0 radical (unpaired) electrons. The summed E-state index contributed by atoms with van der Waals surface area (Å²) in [4.78, 5) is 0. The smallest absolute Gasteiger partial charge is 0.00166 e. The highest BCUT2D eigenvalue weighted by molar-refractivity contribution is 6.00. The molecular weight excluding hydrogens is 240 g/mol. The quantitative estimate of drug-likeness (QED) is 0.480. The Labute approximate surface area is 118 Å². The Morgan fingerprint density at radius 2 is 1.50 bits per heavy atom. The molecule has 0 amide bonds. The molecule has 3 aromatic rings. The van der Waals surface area contributed by atoms with Crippen LogP contribution in [0, 0.1) is 0 Å². The molecular formula is C20H14. The average Bonchev–Trinajstić information content (AvgIpc) is 3.03. The van der Waals surface area contributed by atoms with Crippen molar-refractivity contribution >= 4 is 27.1 Å². The van der Waals surface area contributed by atoms with E-state index in [4.69, 9.17) is 0 Å². The number of hydrogen-bond acceptors (Lipinski definition) is 0. The summed E-state index contributed by atoms with van der Waals surface area (Å²) in [6.07, 6.45) is 6.82. The van der Waals surface area contributed by atoms with Crippen molar-refractivity contribution in [2.24, 2.45) is 0 Å². The normalized spacial score (nSPS) is 16.2. The summed E-state index contributed by atoms with van der Waals surface area (Å²) in [5, 5.41) is 5.39. The second-order valence-corrected chi connectivity index (χ2v) is 5.84. The van der Waals surface area contributed by atoms with Gasteiger partial charge in [-0.15, -0.1) is 0 Å². The third-order valence-electron chi connectivity index (χ3n) is 4.66. The van der Waals surface area contributed by atoms with E-state index >= 15 is 0 Å². The zero-order chi connectivity index (χ0) is 13.1. The van der Waals surface area contributed by atoms with Crippen LogP contribution in [0.1, 0.15) is 17.5 Å². The largest absolute Gasteiger partial charge is 0.0798 e. The van der Waals surface area contributed by atoms with Crippen molar-refractivity contribution in [2.45, 2.75) is 12.8 Å². The minimum Gasteiger partial charge on any atom is -0.0798 e. The predicted molar refractivity (Wildman–Crippen MR) is 85.8 cm³/mol. The van der Waals surface area contributed by atoms with Crippen LogP contribution in [0.3, 0.4) is 0 Å². The Balaban J connectivity index is 1.83. The molecule has 0 fully saturated rings. The van der Waals surface area contributed by atoms with Crippen LogP contribution in [0.25, 0.3) is 27.1 Å². The molecule has 20 heavy (non-hydrogen) atoms. The molecule has 0 aromatic heterocycles. The van der Waals surface area contributed by atoms with E-state index in [2.05, 4.69) is 60.7 Å². The Hall–Kier alpha value is -2.34. The summed E-state index contributed by atoms with van der Waals surface area (Å²) < 4.78 is 0. The van der Waals surface area contributed by atoms with Crippen LogP contribution in [0.15, 0.2) is 66.3 Å². The average molecular weight is 254 g/mol. The Morgan fingerprint density at radius 1 is 0.750 bits per heavy atom. The molecule has 0 saturated carbocycles. The van der Waals surface area contributed by atoms with Crippen LogP contribution in [0.2, 0.25) is 0 Å². The third-order valence-corrected chi connectivity index (χ3v) is 4.66. The van der Waals surface area contributed by atoms with E-state index in [1.807, 2.05) is 0 Å². The first-order chi connectivity index (χ1) is 9.88. The lowest BCUT2D eigenvalue weighted by atomic mass is 9.96. The van der Waals surface area contributed by atoms with Gasteiger partial charge in [0.15, 0.2) is 0 Å². The number of allylic oxidation sites excluding steroid dienone is 4. The molecule has 94 valence electrons. The first-order valence-corrected chi connectivity index (χ1v) is 7.23. The maximum atomic E-state index is 2.40. The lowest BCUT2D eigenvalue weighted by Crippen LogP contribution is -1.87. The van der Waals surface area contributed by atoms with Gasteiger partial charge < -0.3 is 0 Å². The first kappa shape index (κ1) is 10.4. The molecule has 3 aromatic carbocycles.